The highest BCUT2D eigenvalue weighted by Crippen LogP contribution is 2.21. The molecule has 2 aromatic rings. The van der Waals surface area contributed by atoms with E-state index in [-0.39, 0.29) is 6.04 Å². The maximum absolute atomic E-state index is 5.65. The van der Waals surface area contributed by atoms with Gasteiger partial charge in [0.25, 0.3) is 0 Å². The summed E-state index contributed by atoms with van der Waals surface area (Å²) in [6.07, 6.45) is 1.75. The van der Waals surface area contributed by atoms with Crippen LogP contribution in [0, 0.1) is 6.92 Å². The van der Waals surface area contributed by atoms with Crippen LogP contribution in [0.5, 0.6) is 0 Å². The maximum atomic E-state index is 5.65. The molecule has 22 heavy (non-hydrogen) atoms. The first kappa shape index (κ1) is 15.3. The van der Waals surface area contributed by atoms with Gasteiger partial charge in [0.05, 0.1) is 25.5 Å². The van der Waals surface area contributed by atoms with Crippen molar-refractivity contribution in [2.45, 2.75) is 19.5 Å². The normalized spacial score (nSPS) is 17.5. The Bertz CT molecular complexity index is 562. The van der Waals surface area contributed by atoms with E-state index in [0.29, 0.717) is 0 Å². The lowest BCUT2D eigenvalue weighted by Gasteiger charge is -2.33. The van der Waals surface area contributed by atoms with E-state index in [1.807, 2.05) is 6.07 Å². The van der Waals surface area contributed by atoms with E-state index < -0.39 is 0 Å². The van der Waals surface area contributed by atoms with Gasteiger partial charge in [0, 0.05) is 26.2 Å². The summed E-state index contributed by atoms with van der Waals surface area (Å²) in [5, 5.41) is 3.57. The maximum Gasteiger partial charge on any atom is 0.122 e. The van der Waals surface area contributed by atoms with E-state index in [1.54, 1.807) is 6.26 Å². The minimum atomic E-state index is 0.267. The number of nitrogens with zero attached hydrogens (tertiary/aromatic N) is 1. The van der Waals surface area contributed by atoms with Crippen molar-refractivity contribution in [2.24, 2.45) is 0 Å². The molecule has 1 unspecified atom stereocenters. The average molecular weight is 300 g/mol. The lowest BCUT2D eigenvalue weighted by molar-refractivity contribution is 0.0116. The molecule has 1 aromatic carbocycles. The summed E-state index contributed by atoms with van der Waals surface area (Å²) in [5.41, 5.74) is 2.62. The molecule has 1 aliphatic rings. The number of nitrogens with one attached hydrogen (secondary N) is 1. The number of furan rings is 1. The molecule has 0 radical (unpaired) electrons. The Morgan fingerprint density at radius 1 is 1.18 bits per heavy atom. The van der Waals surface area contributed by atoms with Gasteiger partial charge in [-0.3, -0.25) is 4.90 Å². The second-order valence-electron chi connectivity index (χ2n) is 5.80. The molecule has 1 atom stereocenters. The summed E-state index contributed by atoms with van der Waals surface area (Å²) in [5.74, 6) is 1.03. The van der Waals surface area contributed by atoms with Gasteiger partial charge in [0.2, 0.25) is 0 Å². The number of ether oxygens (including phenoxy) is 1. The van der Waals surface area contributed by atoms with Gasteiger partial charge in [0.1, 0.15) is 5.76 Å². The smallest absolute Gasteiger partial charge is 0.122 e. The quantitative estimate of drug-likeness (QED) is 0.890. The standard InChI is InChI=1S/C18H24N2O2/c1-15-4-2-5-16(12-15)13-19-14-17(18-6-3-9-22-18)20-7-10-21-11-8-20/h2-6,9,12,17,19H,7-8,10-11,13-14H2,1H3. The number of hydrogen-bond donors (Lipinski definition) is 1. The lowest BCUT2D eigenvalue weighted by Crippen LogP contribution is -2.42. The molecule has 0 amide bonds. The molecule has 0 bridgehead atoms. The van der Waals surface area contributed by atoms with Crippen molar-refractivity contribution in [2.75, 3.05) is 32.8 Å². The fourth-order valence-electron chi connectivity index (χ4n) is 2.95. The molecule has 0 saturated carbocycles. The number of morpholine rings is 1. The Balaban J connectivity index is 1.60. The van der Waals surface area contributed by atoms with E-state index in [9.17, 15) is 0 Å². The molecular formula is C18H24N2O2. The van der Waals surface area contributed by atoms with Gasteiger partial charge in [-0.15, -0.1) is 0 Å². The van der Waals surface area contributed by atoms with Crippen LogP contribution in [0.1, 0.15) is 22.9 Å². The summed E-state index contributed by atoms with van der Waals surface area (Å²) in [7, 11) is 0. The molecule has 3 rings (SSSR count). The second-order valence-corrected chi connectivity index (χ2v) is 5.80. The number of benzene rings is 1. The summed E-state index contributed by atoms with van der Waals surface area (Å²) in [6, 6.07) is 12.9. The molecule has 1 N–H and O–H groups in total. The first-order chi connectivity index (χ1) is 10.8. The van der Waals surface area contributed by atoms with Crippen LogP contribution in [0.15, 0.2) is 47.1 Å². The van der Waals surface area contributed by atoms with Crippen LogP contribution >= 0.6 is 0 Å². The minimum Gasteiger partial charge on any atom is -0.468 e. The van der Waals surface area contributed by atoms with E-state index in [2.05, 4.69) is 47.5 Å². The largest absolute Gasteiger partial charge is 0.468 e. The van der Waals surface area contributed by atoms with Gasteiger partial charge in [0.15, 0.2) is 0 Å². The first-order valence-electron chi connectivity index (χ1n) is 7.94. The van der Waals surface area contributed by atoms with E-state index >= 15 is 0 Å². The zero-order chi connectivity index (χ0) is 15.2. The van der Waals surface area contributed by atoms with Gasteiger partial charge in [-0.1, -0.05) is 29.8 Å². The van der Waals surface area contributed by atoms with Crippen LogP contribution in [0.2, 0.25) is 0 Å². The van der Waals surface area contributed by atoms with Crippen molar-refractivity contribution >= 4 is 0 Å². The Labute approximate surface area is 132 Å². The molecule has 0 aliphatic carbocycles. The summed E-state index contributed by atoms with van der Waals surface area (Å²) in [4.78, 5) is 2.44. The molecule has 1 aliphatic heterocycles. The van der Waals surface area contributed by atoms with Crippen LogP contribution in [0.25, 0.3) is 0 Å². The van der Waals surface area contributed by atoms with E-state index in [1.165, 1.54) is 11.1 Å². The molecule has 1 aromatic heterocycles. The number of rotatable bonds is 6. The third kappa shape index (κ3) is 3.97. The van der Waals surface area contributed by atoms with Crippen molar-refractivity contribution in [1.82, 2.24) is 10.2 Å². The van der Waals surface area contributed by atoms with Gasteiger partial charge >= 0.3 is 0 Å². The molecule has 2 heterocycles. The zero-order valence-electron chi connectivity index (χ0n) is 13.1. The highest BCUT2D eigenvalue weighted by Gasteiger charge is 2.24. The number of aryl methyl sites for hydroxylation is 1. The fourth-order valence-corrected chi connectivity index (χ4v) is 2.95. The number of hydrogen-bond acceptors (Lipinski definition) is 4. The highest BCUT2D eigenvalue weighted by atomic mass is 16.5. The monoisotopic (exact) mass is 300 g/mol. The predicted octanol–water partition coefficient (Wildman–Crippen LogP) is 2.75. The highest BCUT2D eigenvalue weighted by molar-refractivity contribution is 5.22. The van der Waals surface area contributed by atoms with Crippen LogP contribution in [0.4, 0.5) is 0 Å². The predicted molar refractivity (Wildman–Crippen MR) is 86.7 cm³/mol. The van der Waals surface area contributed by atoms with Crippen LogP contribution in [0.3, 0.4) is 0 Å². The topological polar surface area (TPSA) is 37.6 Å². The van der Waals surface area contributed by atoms with E-state index in [4.69, 9.17) is 9.15 Å². The molecule has 118 valence electrons. The third-order valence-corrected chi connectivity index (χ3v) is 4.11. The minimum absolute atomic E-state index is 0.267. The Kier molecular flexibility index (Phi) is 5.27. The lowest BCUT2D eigenvalue weighted by atomic mass is 10.1. The molecule has 0 spiro atoms. The van der Waals surface area contributed by atoms with Crippen LogP contribution in [-0.4, -0.2) is 37.7 Å². The van der Waals surface area contributed by atoms with Crippen molar-refractivity contribution in [1.29, 1.82) is 0 Å². The van der Waals surface area contributed by atoms with Gasteiger partial charge < -0.3 is 14.5 Å². The van der Waals surface area contributed by atoms with Crippen LogP contribution in [-0.2, 0) is 11.3 Å². The van der Waals surface area contributed by atoms with Crippen molar-refractivity contribution in [3.63, 3.8) is 0 Å². The Hall–Kier alpha value is -1.62. The molecular weight excluding hydrogens is 276 g/mol. The van der Waals surface area contributed by atoms with Crippen molar-refractivity contribution in [3.05, 3.63) is 59.5 Å². The van der Waals surface area contributed by atoms with Gasteiger partial charge in [-0.05, 0) is 24.6 Å². The fraction of sp³-hybridized carbons (Fsp3) is 0.444. The summed E-state index contributed by atoms with van der Waals surface area (Å²) >= 11 is 0. The van der Waals surface area contributed by atoms with Crippen molar-refractivity contribution in [3.8, 4) is 0 Å². The average Bonchev–Trinajstić information content (AvgIpc) is 3.07. The van der Waals surface area contributed by atoms with Crippen LogP contribution < -0.4 is 5.32 Å². The second kappa shape index (κ2) is 7.58. The Morgan fingerprint density at radius 2 is 2.05 bits per heavy atom. The molecule has 4 nitrogen and oxygen atoms in total. The Morgan fingerprint density at radius 3 is 2.77 bits per heavy atom. The first-order valence-corrected chi connectivity index (χ1v) is 7.94. The third-order valence-electron chi connectivity index (χ3n) is 4.11. The van der Waals surface area contributed by atoms with Crippen molar-refractivity contribution < 1.29 is 9.15 Å². The molecule has 1 saturated heterocycles. The van der Waals surface area contributed by atoms with E-state index in [0.717, 1.165) is 45.2 Å². The molecule has 4 heteroatoms. The summed E-state index contributed by atoms with van der Waals surface area (Å²) in [6.45, 7) is 7.40. The SMILES string of the molecule is Cc1cccc(CNCC(c2ccco2)N2CCOCC2)c1. The van der Waals surface area contributed by atoms with Gasteiger partial charge in [-0.2, -0.15) is 0 Å². The zero-order valence-corrected chi connectivity index (χ0v) is 13.1. The van der Waals surface area contributed by atoms with Gasteiger partial charge in [-0.25, -0.2) is 0 Å². The summed E-state index contributed by atoms with van der Waals surface area (Å²) < 4.78 is 11.1. The molecule has 1 fully saturated rings.